The number of rotatable bonds is 4. The van der Waals surface area contributed by atoms with Crippen molar-refractivity contribution in [3.05, 3.63) is 143 Å². The number of allylic oxidation sites excluding steroid dienone is 10. The lowest BCUT2D eigenvalue weighted by Gasteiger charge is -2.47. The smallest absolute Gasteiger partial charge is 0.0719 e. The van der Waals surface area contributed by atoms with Crippen LogP contribution in [0.2, 0.25) is 0 Å². The molecule has 0 amide bonds. The minimum absolute atomic E-state index is 0.0799. The lowest BCUT2D eigenvalue weighted by molar-refractivity contribution is 0.560. The van der Waals surface area contributed by atoms with E-state index >= 15 is 0 Å². The first-order valence-electron chi connectivity index (χ1n) is 10.7. The molecule has 0 N–H and O–H groups in total. The van der Waals surface area contributed by atoms with Gasteiger partial charge in [-0.15, -0.1) is 0 Å². The maximum atomic E-state index is 4.29. The van der Waals surface area contributed by atoms with Crippen molar-refractivity contribution in [3.63, 3.8) is 0 Å². The largest absolute Gasteiger partial charge is 0.0987 e. The van der Waals surface area contributed by atoms with Crippen molar-refractivity contribution in [1.29, 1.82) is 0 Å². The van der Waals surface area contributed by atoms with Crippen molar-refractivity contribution in [1.82, 2.24) is 0 Å². The molecule has 2 aliphatic carbocycles. The first kappa shape index (κ1) is 20.2. The molecule has 0 bridgehead atoms. The van der Waals surface area contributed by atoms with Gasteiger partial charge in [0.2, 0.25) is 0 Å². The topological polar surface area (TPSA) is 0 Å². The summed E-state index contributed by atoms with van der Waals surface area (Å²) in [6.45, 7) is 17.3. The zero-order valence-corrected chi connectivity index (χ0v) is 18.5. The molecule has 2 aliphatic rings. The summed E-state index contributed by atoms with van der Waals surface area (Å²) in [4.78, 5) is 0. The van der Waals surface area contributed by atoms with E-state index in [2.05, 4.69) is 120 Å². The average Bonchev–Trinajstić information content (AvgIpc) is 3.02. The number of fused-ring (bicyclic) bond motifs is 4. The van der Waals surface area contributed by atoms with Crippen LogP contribution in [0, 0.1) is 0 Å². The van der Waals surface area contributed by atoms with Gasteiger partial charge >= 0.3 is 0 Å². The van der Waals surface area contributed by atoms with Crippen LogP contribution in [-0.2, 0) is 10.8 Å². The van der Waals surface area contributed by atoms with Crippen LogP contribution in [0.1, 0.15) is 49.9 Å². The highest BCUT2D eigenvalue weighted by Crippen LogP contribution is 2.61. The Bertz CT molecular complexity index is 1110. The van der Waals surface area contributed by atoms with Gasteiger partial charge in [0, 0.05) is 5.41 Å². The van der Waals surface area contributed by atoms with Crippen molar-refractivity contribution in [2.45, 2.75) is 38.5 Å². The standard InChI is InChI=1S/C30H30/c1-7-15-22-21(9-3)24(16-8-2)30(23(22)10-4)27-19-13-11-17-25(27)29(5,6)26-18-12-14-20-28(26)30/h7-20H,3-4H2,1-2,5-6H3/b15-7-,16-8-. The van der Waals surface area contributed by atoms with E-state index in [1.54, 1.807) is 0 Å². The number of hydrogen-bond acceptors (Lipinski definition) is 0. The Morgan fingerprint density at radius 3 is 1.57 bits per heavy atom. The molecule has 0 saturated heterocycles. The predicted molar refractivity (Wildman–Crippen MR) is 130 cm³/mol. The Morgan fingerprint density at radius 1 is 0.633 bits per heavy atom. The van der Waals surface area contributed by atoms with Gasteiger partial charge in [-0.2, -0.15) is 0 Å². The number of hydrogen-bond donors (Lipinski definition) is 0. The molecule has 4 rings (SSSR count). The van der Waals surface area contributed by atoms with Gasteiger partial charge in [0.05, 0.1) is 5.41 Å². The molecule has 2 aromatic carbocycles. The zero-order valence-electron chi connectivity index (χ0n) is 18.5. The van der Waals surface area contributed by atoms with Gasteiger partial charge in [-0.1, -0.05) is 112 Å². The van der Waals surface area contributed by atoms with Crippen LogP contribution in [-0.4, -0.2) is 0 Å². The van der Waals surface area contributed by atoms with E-state index < -0.39 is 5.41 Å². The minimum atomic E-state index is -0.394. The summed E-state index contributed by atoms with van der Waals surface area (Å²) in [6, 6.07) is 17.9. The summed E-state index contributed by atoms with van der Waals surface area (Å²) >= 11 is 0. The third-order valence-electron chi connectivity index (χ3n) is 6.76. The van der Waals surface area contributed by atoms with E-state index in [9.17, 15) is 0 Å². The second-order valence-electron chi connectivity index (χ2n) is 8.53. The average molecular weight is 391 g/mol. The highest BCUT2D eigenvalue weighted by molar-refractivity contribution is 5.80. The van der Waals surface area contributed by atoms with Crippen molar-refractivity contribution in [2.24, 2.45) is 0 Å². The maximum absolute atomic E-state index is 4.29. The summed E-state index contributed by atoms with van der Waals surface area (Å²) in [5, 5.41) is 0. The number of benzene rings is 2. The lowest BCUT2D eigenvalue weighted by atomic mass is 9.54. The van der Waals surface area contributed by atoms with Crippen LogP contribution in [0.25, 0.3) is 0 Å². The molecular weight excluding hydrogens is 360 g/mol. The summed E-state index contributed by atoms with van der Waals surface area (Å²) in [7, 11) is 0. The van der Waals surface area contributed by atoms with E-state index in [4.69, 9.17) is 0 Å². The second kappa shape index (κ2) is 7.29. The Hall–Kier alpha value is -3.12. The second-order valence-corrected chi connectivity index (χ2v) is 8.53. The Labute approximate surface area is 181 Å². The van der Waals surface area contributed by atoms with Crippen LogP contribution in [0.3, 0.4) is 0 Å². The molecule has 0 heteroatoms. The summed E-state index contributed by atoms with van der Waals surface area (Å²) < 4.78 is 0. The van der Waals surface area contributed by atoms with E-state index in [0.29, 0.717) is 0 Å². The van der Waals surface area contributed by atoms with E-state index in [-0.39, 0.29) is 5.41 Å². The Balaban J connectivity index is 2.30. The molecule has 0 aliphatic heterocycles. The normalized spacial score (nSPS) is 18.9. The van der Waals surface area contributed by atoms with Crippen LogP contribution in [0.5, 0.6) is 0 Å². The fraction of sp³-hybridized carbons (Fsp3) is 0.200. The van der Waals surface area contributed by atoms with Crippen molar-refractivity contribution >= 4 is 0 Å². The fourth-order valence-electron chi connectivity index (χ4n) is 5.63. The van der Waals surface area contributed by atoms with Crippen LogP contribution in [0.15, 0.2) is 120 Å². The van der Waals surface area contributed by atoms with Gasteiger partial charge < -0.3 is 0 Å². The van der Waals surface area contributed by atoms with Gasteiger partial charge in [-0.25, -0.2) is 0 Å². The van der Waals surface area contributed by atoms with Crippen LogP contribution >= 0.6 is 0 Å². The zero-order chi connectivity index (χ0) is 21.5. The summed E-state index contributed by atoms with van der Waals surface area (Å²) in [6.07, 6.45) is 12.8. The molecule has 1 spiro atoms. The van der Waals surface area contributed by atoms with E-state index in [1.165, 1.54) is 44.5 Å². The molecule has 0 heterocycles. The van der Waals surface area contributed by atoms with Crippen LogP contribution < -0.4 is 0 Å². The Kier molecular flexibility index (Phi) is 4.90. The first-order valence-corrected chi connectivity index (χ1v) is 10.7. The molecule has 2 aromatic rings. The van der Waals surface area contributed by atoms with Crippen LogP contribution in [0.4, 0.5) is 0 Å². The summed E-state index contributed by atoms with van der Waals surface area (Å²) in [5.74, 6) is 0. The molecule has 0 saturated carbocycles. The summed E-state index contributed by atoms with van der Waals surface area (Å²) in [5.41, 5.74) is 9.86. The minimum Gasteiger partial charge on any atom is -0.0987 e. The molecule has 0 radical (unpaired) electrons. The highest BCUT2D eigenvalue weighted by Gasteiger charge is 2.53. The van der Waals surface area contributed by atoms with Crippen molar-refractivity contribution < 1.29 is 0 Å². The lowest BCUT2D eigenvalue weighted by Crippen LogP contribution is -2.41. The van der Waals surface area contributed by atoms with Gasteiger partial charge in [0.15, 0.2) is 0 Å². The first-order chi connectivity index (χ1) is 14.5. The fourth-order valence-corrected chi connectivity index (χ4v) is 5.63. The quantitative estimate of drug-likeness (QED) is 0.501. The third kappa shape index (κ3) is 2.40. The molecule has 0 aromatic heterocycles. The molecule has 0 unspecified atom stereocenters. The molecule has 0 fully saturated rings. The SMILES string of the molecule is C=CC1=C(/C=C\C)C2(C(C=C)=C1/C=C\C)c1ccccc1C(C)(C)c1ccccc12. The predicted octanol–water partition coefficient (Wildman–Crippen LogP) is 7.74. The van der Waals surface area contributed by atoms with Gasteiger partial charge in [-0.3, -0.25) is 0 Å². The molecule has 30 heavy (non-hydrogen) atoms. The molecule has 0 atom stereocenters. The molecular formula is C30H30. The van der Waals surface area contributed by atoms with E-state index in [1.807, 2.05) is 6.08 Å². The molecule has 0 nitrogen and oxygen atoms in total. The highest BCUT2D eigenvalue weighted by atomic mass is 14.5. The van der Waals surface area contributed by atoms with Crippen molar-refractivity contribution in [3.8, 4) is 0 Å². The van der Waals surface area contributed by atoms with Gasteiger partial charge in [-0.05, 0) is 58.4 Å². The Morgan fingerprint density at radius 2 is 1.13 bits per heavy atom. The molecule has 150 valence electrons. The maximum Gasteiger partial charge on any atom is 0.0719 e. The van der Waals surface area contributed by atoms with E-state index in [0.717, 1.165) is 0 Å². The van der Waals surface area contributed by atoms with Crippen molar-refractivity contribution in [2.75, 3.05) is 0 Å². The van der Waals surface area contributed by atoms with Gasteiger partial charge in [0.1, 0.15) is 0 Å². The monoisotopic (exact) mass is 390 g/mol. The van der Waals surface area contributed by atoms with Gasteiger partial charge in [0.25, 0.3) is 0 Å². The third-order valence-corrected chi connectivity index (χ3v) is 6.76.